The molecule has 2 nitrogen and oxygen atoms in total. The minimum Gasteiger partial charge on any atom is -0.457 e. The Kier molecular flexibility index (Phi) is 4.14. The maximum atomic E-state index is 6.57. The van der Waals surface area contributed by atoms with Gasteiger partial charge >= 0.3 is 0 Å². The van der Waals surface area contributed by atoms with E-state index in [9.17, 15) is 0 Å². The van der Waals surface area contributed by atoms with Gasteiger partial charge in [0, 0.05) is 28.9 Å². The van der Waals surface area contributed by atoms with Gasteiger partial charge in [0.1, 0.15) is 11.5 Å². The molecule has 0 saturated heterocycles. The molecule has 0 saturated carbocycles. The van der Waals surface area contributed by atoms with Crippen molar-refractivity contribution in [1.82, 2.24) is 4.98 Å². The zero-order chi connectivity index (χ0) is 23.6. The topological polar surface area (TPSA) is 22.1 Å². The highest BCUT2D eigenvalue weighted by atomic mass is 16.5. The third-order valence-electron chi connectivity index (χ3n) is 7.92. The average Bonchev–Trinajstić information content (AvgIpc) is 2.91. The second kappa shape index (κ2) is 7.16. The first-order chi connectivity index (χ1) is 17.1. The van der Waals surface area contributed by atoms with Crippen molar-refractivity contribution in [3.63, 3.8) is 0 Å². The Balaban J connectivity index is 1.67. The van der Waals surface area contributed by atoms with Crippen molar-refractivity contribution in [3.8, 4) is 22.6 Å². The molecular weight excluding hydrogens is 426 g/mol. The molecule has 0 fully saturated rings. The zero-order valence-electron chi connectivity index (χ0n) is 19.8. The summed E-state index contributed by atoms with van der Waals surface area (Å²) >= 11 is 0. The number of para-hydroxylation sites is 1. The first-order valence-corrected chi connectivity index (χ1v) is 12.1. The summed E-state index contributed by atoms with van der Waals surface area (Å²) in [5.74, 6) is 1.83. The van der Waals surface area contributed by atoms with Crippen LogP contribution in [0.3, 0.4) is 0 Å². The second-order valence-electron chi connectivity index (χ2n) is 10.0. The molecule has 2 heteroatoms. The molecule has 7 rings (SSSR count). The average molecular weight is 452 g/mol. The molecule has 2 heterocycles. The molecular formula is C33H25NO. The largest absolute Gasteiger partial charge is 0.457 e. The van der Waals surface area contributed by atoms with Crippen LogP contribution in [-0.4, -0.2) is 4.98 Å². The number of hydrogen-bond donors (Lipinski definition) is 0. The van der Waals surface area contributed by atoms with Crippen molar-refractivity contribution >= 4 is 0 Å². The van der Waals surface area contributed by atoms with Gasteiger partial charge in [-0.1, -0.05) is 86.6 Å². The van der Waals surface area contributed by atoms with Crippen LogP contribution in [0.15, 0.2) is 116 Å². The van der Waals surface area contributed by atoms with Crippen LogP contribution in [0.4, 0.5) is 0 Å². The van der Waals surface area contributed by atoms with E-state index < -0.39 is 5.41 Å². The highest BCUT2D eigenvalue weighted by Gasteiger charge is 2.52. The lowest BCUT2D eigenvalue weighted by Crippen LogP contribution is -2.43. The summed E-state index contributed by atoms with van der Waals surface area (Å²) in [4.78, 5) is 4.22. The number of hydrogen-bond acceptors (Lipinski definition) is 2. The third kappa shape index (κ3) is 2.62. The van der Waals surface area contributed by atoms with Gasteiger partial charge in [0.15, 0.2) is 0 Å². The summed E-state index contributed by atoms with van der Waals surface area (Å²) in [6, 6.07) is 37.2. The van der Waals surface area contributed by atoms with Gasteiger partial charge in [0.05, 0.1) is 5.41 Å². The highest BCUT2D eigenvalue weighted by Crippen LogP contribution is 2.61. The van der Waals surface area contributed by atoms with Crippen LogP contribution in [0, 0.1) is 0 Å². The van der Waals surface area contributed by atoms with E-state index in [0.717, 1.165) is 22.6 Å². The third-order valence-corrected chi connectivity index (χ3v) is 7.92. The van der Waals surface area contributed by atoms with E-state index in [1.165, 1.54) is 33.4 Å². The van der Waals surface area contributed by atoms with E-state index in [1.807, 2.05) is 12.4 Å². The Morgan fingerprint density at radius 2 is 1.06 bits per heavy atom. The molecule has 0 radical (unpaired) electrons. The number of ether oxygens (including phenoxy) is 1. The molecule has 2 aliphatic rings. The van der Waals surface area contributed by atoms with Gasteiger partial charge in [0.25, 0.3) is 0 Å². The van der Waals surface area contributed by atoms with Crippen molar-refractivity contribution < 1.29 is 4.74 Å². The van der Waals surface area contributed by atoms with E-state index in [-0.39, 0.29) is 5.41 Å². The van der Waals surface area contributed by atoms with Crippen LogP contribution in [0.1, 0.15) is 47.2 Å². The molecule has 4 aromatic carbocycles. The van der Waals surface area contributed by atoms with Crippen LogP contribution >= 0.6 is 0 Å². The van der Waals surface area contributed by atoms with Crippen LogP contribution in [0.2, 0.25) is 0 Å². The summed E-state index contributed by atoms with van der Waals surface area (Å²) in [5.41, 5.74) is 9.45. The van der Waals surface area contributed by atoms with Gasteiger partial charge in [-0.15, -0.1) is 0 Å². The summed E-state index contributed by atoms with van der Waals surface area (Å²) in [6.45, 7) is 4.69. The van der Waals surface area contributed by atoms with Crippen LogP contribution in [-0.2, 0) is 10.8 Å². The molecule has 0 bridgehead atoms. The number of pyridine rings is 1. The predicted octanol–water partition coefficient (Wildman–Crippen LogP) is 7.88. The molecule has 1 aromatic heterocycles. The molecule has 1 spiro atoms. The quantitative estimate of drug-likeness (QED) is 0.254. The lowest BCUT2D eigenvalue weighted by Gasteiger charge is -2.50. The van der Waals surface area contributed by atoms with Gasteiger partial charge in [0.2, 0.25) is 0 Å². The Morgan fingerprint density at radius 3 is 1.71 bits per heavy atom. The lowest BCUT2D eigenvalue weighted by atomic mass is 9.53. The van der Waals surface area contributed by atoms with E-state index in [1.54, 1.807) is 0 Å². The van der Waals surface area contributed by atoms with Crippen molar-refractivity contribution in [2.45, 2.75) is 24.7 Å². The minimum atomic E-state index is -0.476. The van der Waals surface area contributed by atoms with Gasteiger partial charge < -0.3 is 4.74 Å². The molecule has 0 amide bonds. The van der Waals surface area contributed by atoms with E-state index in [4.69, 9.17) is 4.74 Å². The molecule has 0 N–H and O–H groups in total. The number of fused-ring (bicyclic) bond motifs is 8. The van der Waals surface area contributed by atoms with E-state index >= 15 is 0 Å². The first kappa shape index (κ1) is 20.2. The molecule has 1 aliphatic carbocycles. The molecule has 0 unspecified atom stereocenters. The number of nitrogens with zero attached hydrogens (tertiary/aromatic N) is 1. The van der Waals surface area contributed by atoms with E-state index in [0.29, 0.717) is 0 Å². The molecule has 35 heavy (non-hydrogen) atoms. The standard InChI is InChI=1S/C33H25NO/c1-32(2)24-9-3-5-11-26(24)33(27-12-6-4-10-25(27)32)28-13-7-8-14-30(28)35-31-16-15-23(21-29(31)33)22-17-19-34-20-18-22/h3-21H,1-2H3. The summed E-state index contributed by atoms with van der Waals surface area (Å²) in [7, 11) is 0. The number of benzene rings is 4. The van der Waals surface area contributed by atoms with Gasteiger partial charge in [-0.2, -0.15) is 0 Å². The SMILES string of the molecule is CC1(C)c2ccccc2C2(c3ccccc3Oc3ccc(-c4ccncc4)cc32)c2ccccc21. The van der Waals surface area contributed by atoms with Crippen molar-refractivity contribution in [1.29, 1.82) is 0 Å². The molecule has 168 valence electrons. The minimum absolute atomic E-state index is 0.117. The Bertz CT molecular complexity index is 1550. The smallest absolute Gasteiger partial charge is 0.132 e. The predicted molar refractivity (Wildman–Crippen MR) is 140 cm³/mol. The Hall–Kier alpha value is -4.17. The van der Waals surface area contributed by atoms with Crippen LogP contribution in [0.25, 0.3) is 11.1 Å². The van der Waals surface area contributed by atoms with Crippen molar-refractivity contribution in [2.75, 3.05) is 0 Å². The monoisotopic (exact) mass is 451 g/mol. The fourth-order valence-electron chi connectivity index (χ4n) is 6.35. The molecule has 1 aliphatic heterocycles. The normalized spacial score (nSPS) is 15.8. The molecule has 0 atom stereocenters. The maximum absolute atomic E-state index is 6.57. The Morgan fingerprint density at radius 1 is 0.514 bits per heavy atom. The van der Waals surface area contributed by atoms with Crippen LogP contribution in [0.5, 0.6) is 11.5 Å². The summed E-state index contributed by atoms with van der Waals surface area (Å²) < 4.78 is 6.57. The van der Waals surface area contributed by atoms with E-state index in [2.05, 4.69) is 122 Å². The maximum Gasteiger partial charge on any atom is 0.132 e. The van der Waals surface area contributed by atoms with Gasteiger partial charge in [-0.25, -0.2) is 0 Å². The first-order valence-electron chi connectivity index (χ1n) is 12.1. The van der Waals surface area contributed by atoms with Gasteiger partial charge in [-0.3, -0.25) is 4.98 Å². The van der Waals surface area contributed by atoms with Crippen LogP contribution < -0.4 is 4.74 Å². The fourth-order valence-corrected chi connectivity index (χ4v) is 6.35. The lowest BCUT2D eigenvalue weighted by molar-refractivity contribution is 0.425. The zero-order valence-corrected chi connectivity index (χ0v) is 19.8. The summed E-state index contributed by atoms with van der Waals surface area (Å²) in [5, 5.41) is 0. The van der Waals surface area contributed by atoms with Crippen molar-refractivity contribution in [3.05, 3.63) is 149 Å². The number of aromatic nitrogens is 1. The highest BCUT2D eigenvalue weighted by molar-refractivity contribution is 5.78. The second-order valence-corrected chi connectivity index (χ2v) is 10.0. The summed E-state index contributed by atoms with van der Waals surface area (Å²) in [6.07, 6.45) is 3.70. The van der Waals surface area contributed by atoms with Gasteiger partial charge in [-0.05, 0) is 63.7 Å². The van der Waals surface area contributed by atoms with Crippen molar-refractivity contribution in [2.24, 2.45) is 0 Å². The fraction of sp³-hybridized carbons (Fsp3) is 0.121. The number of rotatable bonds is 1. The Labute approximate surface area is 205 Å². The molecule has 5 aromatic rings.